The van der Waals surface area contributed by atoms with Crippen LogP contribution in [-0.4, -0.2) is 49.2 Å². The fourth-order valence-electron chi connectivity index (χ4n) is 2.58. The van der Waals surface area contributed by atoms with Gasteiger partial charge in [0.05, 0.1) is 5.69 Å². The molecule has 0 aromatic carbocycles. The number of carboxylic acids is 1. The van der Waals surface area contributed by atoms with E-state index in [0.29, 0.717) is 0 Å². The van der Waals surface area contributed by atoms with E-state index in [2.05, 4.69) is 33.4 Å². The van der Waals surface area contributed by atoms with E-state index in [4.69, 9.17) is 14.3 Å². The standard InChI is InChI=1S/C16H21N5O.C2HF3O2/c1-11-5-6-16(22-11)15-7-14(17-18-15)10-20(3)8-13-9-21(4)19-12(13)2;3-2(4,5)1(6)7/h5-7,9H,8,10H2,1-4H3,(H,17,18);(H,6,7). The molecule has 8 nitrogen and oxygen atoms in total. The van der Waals surface area contributed by atoms with Gasteiger partial charge in [-0.3, -0.25) is 14.7 Å². The van der Waals surface area contributed by atoms with Gasteiger partial charge in [-0.15, -0.1) is 0 Å². The smallest absolute Gasteiger partial charge is 0.475 e. The molecule has 0 aliphatic rings. The highest BCUT2D eigenvalue weighted by molar-refractivity contribution is 5.73. The third-order valence-corrected chi connectivity index (χ3v) is 3.86. The fourth-order valence-corrected chi connectivity index (χ4v) is 2.58. The van der Waals surface area contributed by atoms with Crippen LogP contribution in [0.3, 0.4) is 0 Å². The van der Waals surface area contributed by atoms with Gasteiger partial charge in [0.25, 0.3) is 0 Å². The minimum atomic E-state index is -5.08. The van der Waals surface area contributed by atoms with Crippen LogP contribution in [0.15, 0.2) is 28.8 Å². The van der Waals surface area contributed by atoms with Crippen LogP contribution >= 0.6 is 0 Å². The highest BCUT2D eigenvalue weighted by Gasteiger charge is 2.38. The lowest BCUT2D eigenvalue weighted by Crippen LogP contribution is -2.21. The van der Waals surface area contributed by atoms with E-state index in [9.17, 15) is 13.2 Å². The first-order valence-electron chi connectivity index (χ1n) is 8.54. The number of aromatic nitrogens is 4. The summed E-state index contributed by atoms with van der Waals surface area (Å²) in [6.45, 7) is 5.62. The molecule has 0 bridgehead atoms. The van der Waals surface area contributed by atoms with Gasteiger partial charge in [0.2, 0.25) is 0 Å². The molecule has 0 saturated heterocycles. The van der Waals surface area contributed by atoms with Gasteiger partial charge in [-0.2, -0.15) is 23.4 Å². The van der Waals surface area contributed by atoms with Gasteiger partial charge in [0.15, 0.2) is 5.76 Å². The zero-order valence-corrected chi connectivity index (χ0v) is 16.4. The second-order valence-electron chi connectivity index (χ2n) is 6.58. The van der Waals surface area contributed by atoms with Gasteiger partial charge in [-0.25, -0.2) is 4.79 Å². The number of rotatable bonds is 5. The van der Waals surface area contributed by atoms with Gasteiger partial charge < -0.3 is 9.52 Å². The van der Waals surface area contributed by atoms with Crippen molar-refractivity contribution in [1.29, 1.82) is 0 Å². The van der Waals surface area contributed by atoms with E-state index in [0.717, 1.165) is 41.7 Å². The molecule has 0 spiro atoms. The topological polar surface area (TPSA) is 100 Å². The minimum Gasteiger partial charge on any atom is -0.475 e. The molecule has 3 aromatic heterocycles. The number of aromatic amines is 1. The number of hydrogen-bond donors (Lipinski definition) is 2. The normalized spacial score (nSPS) is 11.4. The van der Waals surface area contributed by atoms with Crippen molar-refractivity contribution in [3.8, 4) is 11.5 Å². The second kappa shape index (κ2) is 8.95. The van der Waals surface area contributed by atoms with E-state index < -0.39 is 12.1 Å². The van der Waals surface area contributed by atoms with Gasteiger partial charge in [-0.05, 0) is 39.1 Å². The van der Waals surface area contributed by atoms with Crippen LogP contribution in [0.4, 0.5) is 13.2 Å². The molecule has 3 rings (SSSR count). The lowest BCUT2D eigenvalue weighted by molar-refractivity contribution is -0.192. The number of hydrogen-bond acceptors (Lipinski definition) is 5. The Kier molecular flexibility index (Phi) is 6.85. The molecule has 3 heterocycles. The van der Waals surface area contributed by atoms with Crippen LogP contribution in [0, 0.1) is 13.8 Å². The van der Waals surface area contributed by atoms with Gasteiger partial charge in [0.1, 0.15) is 11.5 Å². The number of furan rings is 1. The van der Waals surface area contributed by atoms with Gasteiger partial charge in [-0.1, -0.05) is 0 Å². The molecule has 0 atom stereocenters. The first-order valence-corrected chi connectivity index (χ1v) is 8.54. The highest BCUT2D eigenvalue weighted by atomic mass is 19.4. The van der Waals surface area contributed by atoms with E-state index in [1.54, 1.807) is 0 Å². The van der Waals surface area contributed by atoms with Gasteiger partial charge >= 0.3 is 12.1 Å². The van der Waals surface area contributed by atoms with E-state index in [1.807, 2.05) is 43.8 Å². The van der Waals surface area contributed by atoms with Crippen LogP contribution in [0.5, 0.6) is 0 Å². The molecule has 0 saturated carbocycles. The first kappa shape index (κ1) is 22.2. The molecule has 0 radical (unpaired) electrons. The predicted octanol–water partition coefficient (Wildman–Crippen LogP) is 3.29. The Balaban J connectivity index is 0.000000370. The maximum absolute atomic E-state index is 10.6. The van der Waals surface area contributed by atoms with Crippen molar-refractivity contribution in [3.05, 3.63) is 47.1 Å². The second-order valence-corrected chi connectivity index (χ2v) is 6.58. The van der Waals surface area contributed by atoms with Crippen molar-refractivity contribution < 1.29 is 27.5 Å². The molecule has 11 heteroatoms. The van der Waals surface area contributed by atoms with Crippen molar-refractivity contribution in [2.24, 2.45) is 7.05 Å². The number of halogens is 3. The van der Waals surface area contributed by atoms with Crippen LogP contribution in [0.25, 0.3) is 11.5 Å². The van der Waals surface area contributed by atoms with Crippen molar-refractivity contribution in [2.45, 2.75) is 33.1 Å². The third-order valence-electron chi connectivity index (χ3n) is 3.86. The molecular formula is C18H22F3N5O3. The summed E-state index contributed by atoms with van der Waals surface area (Å²) in [6, 6.07) is 5.92. The molecule has 0 aliphatic heterocycles. The Morgan fingerprint density at radius 2 is 1.97 bits per heavy atom. The van der Waals surface area contributed by atoms with Crippen molar-refractivity contribution >= 4 is 5.97 Å². The zero-order valence-electron chi connectivity index (χ0n) is 16.4. The minimum absolute atomic E-state index is 0.793. The van der Waals surface area contributed by atoms with Crippen LogP contribution in [-0.2, 0) is 24.9 Å². The molecule has 0 fully saturated rings. The Bertz CT molecular complexity index is 958. The fraction of sp³-hybridized carbons (Fsp3) is 0.389. The van der Waals surface area contributed by atoms with Crippen molar-refractivity contribution in [3.63, 3.8) is 0 Å². The maximum Gasteiger partial charge on any atom is 0.490 e. The summed E-state index contributed by atoms with van der Waals surface area (Å²) in [5.41, 5.74) is 4.22. The summed E-state index contributed by atoms with van der Waals surface area (Å²) < 4.78 is 39.2. The maximum atomic E-state index is 10.6. The monoisotopic (exact) mass is 413 g/mol. The number of carboxylic acid groups (broad SMARTS) is 1. The van der Waals surface area contributed by atoms with Crippen LogP contribution in [0.1, 0.15) is 22.7 Å². The molecule has 2 N–H and O–H groups in total. The summed E-state index contributed by atoms with van der Waals surface area (Å²) in [7, 11) is 4.03. The predicted molar refractivity (Wildman–Crippen MR) is 97.8 cm³/mol. The number of aryl methyl sites for hydroxylation is 3. The Hall–Kier alpha value is -3.08. The number of nitrogens with one attached hydrogen (secondary N) is 1. The number of carbonyl (C=O) groups is 1. The van der Waals surface area contributed by atoms with E-state index >= 15 is 0 Å². The Labute approximate surface area is 164 Å². The van der Waals surface area contributed by atoms with Gasteiger partial charge in [0, 0.05) is 37.6 Å². The molecule has 0 unspecified atom stereocenters. The Morgan fingerprint density at radius 1 is 1.31 bits per heavy atom. The summed E-state index contributed by atoms with van der Waals surface area (Å²) in [4.78, 5) is 11.1. The molecule has 0 amide bonds. The lowest BCUT2D eigenvalue weighted by atomic mass is 10.2. The summed E-state index contributed by atoms with van der Waals surface area (Å²) in [6.07, 6.45) is -3.02. The molecule has 0 aliphatic carbocycles. The number of nitrogens with zero attached hydrogens (tertiary/aromatic N) is 4. The third kappa shape index (κ3) is 6.49. The Morgan fingerprint density at radius 3 is 2.45 bits per heavy atom. The van der Waals surface area contributed by atoms with Crippen molar-refractivity contribution in [1.82, 2.24) is 24.9 Å². The van der Waals surface area contributed by atoms with E-state index in [1.165, 1.54) is 5.56 Å². The highest BCUT2D eigenvalue weighted by Crippen LogP contribution is 2.21. The first-order chi connectivity index (χ1) is 13.5. The molecular weight excluding hydrogens is 391 g/mol. The lowest BCUT2D eigenvalue weighted by Gasteiger charge is -2.14. The summed E-state index contributed by atoms with van der Waals surface area (Å²) >= 11 is 0. The van der Waals surface area contributed by atoms with E-state index in [-0.39, 0.29) is 0 Å². The molecule has 3 aromatic rings. The van der Waals surface area contributed by atoms with Crippen LogP contribution < -0.4 is 0 Å². The summed E-state index contributed by atoms with van der Waals surface area (Å²) in [5.74, 6) is -1.07. The van der Waals surface area contributed by atoms with Crippen molar-refractivity contribution in [2.75, 3.05) is 7.05 Å². The number of H-pyrrole nitrogens is 1. The molecule has 29 heavy (non-hydrogen) atoms. The summed E-state index contributed by atoms with van der Waals surface area (Å²) in [5, 5.41) is 18.9. The zero-order chi connectivity index (χ0) is 21.8. The quantitative estimate of drug-likeness (QED) is 0.666. The largest absolute Gasteiger partial charge is 0.490 e. The molecule has 158 valence electrons. The van der Waals surface area contributed by atoms with Crippen LogP contribution in [0.2, 0.25) is 0 Å². The SMILES string of the molecule is Cc1ccc(-c2cc(CN(C)Cc3cn(C)nc3C)[nH]n2)o1.O=C(O)C(F)(F)F. The average molecular weight is 413 g/mol. The number of aliphatic carboxylic acids is 1. The average Bonchev–Trinajstić information content (AvgIpc) is 3.29. The number of alkyl halides is 3.